The van der Waals surface area contributed by atoms with Crippen LogP contribution in [-0.2, 0) is 11.2 Å². The van der Waals surface area contributed by atoms with E-state index in [9.17, 15) is 9.59 Å². The first-order chi connectivity index (χ1) is 14.2. The van der Waals surface area contributed by atoms with Crippen LogP contribution in [0.15, 0.2) is 76.0 Å². The zero-order valence-corrected chi connectivity index (χ0v) is 17.4. The second-order valence-corrected chi connectivity index (χ2v) is 8.21. The standard InChI is InChI=1S/C22H19N3O2S2/c1-2-15-8-6-7-11-17(15)23-19(26)14-29-22-24-18-12-13-28-20(18)21(27)25(22)16-9-4-3-5-10-16/h3-13H,2,14H2,1H3,(H,23,26). The molecule has 0 bridgehead atoms. The molecule has 4 aromatic rings. The number of para-hydroxylation sites is 2. The molecule has 0 unspecified atom stereocenters. The number of amides is 1. The summed E-state index contributed by atoms with van der Waals surface area (Å²) in [6.07, 6.45) is 0.841. The van der Waals surface area contributed by atoms with Crippen molar-refractivity contribution in [3.63, 3.8) is 0 Å². The Morgan fingerprint density at radius 2 is 1.86 bits per heavy atom. The zero-order valence-electron chi connectivity index (χ0n) is 15.8. The minimum absolute atomic E-state index is 0.115. The molecule has 0 spiro atoms. The van der Waals surface area contributed by atoms with Crippen LogP contribution in [0, 0.1) is 0 Å². The van der Waals surface area contributed by atoms with Crippen molar-refractivity contribution in [3.8, 4) is 5.69 Å². The average molecular weight is 422 g/mol. The van der Waals surface area contributed by atoms with Crippen molar-refractivity contribution in [1.29, 1.82) is 0 Å². The van der Waals surface area contributed by atoms with Gasteiger partial charge in [0, 0.05) is 5.69 Å². The number of fused-ring (bicyclic) bond motifs is 1. The van der Waals surface area contributed by atoms with E-state index < -0.39 is 0 Å². The van der Waals surface area contributed by atoms with Gasteiger partial charge in [-0.05, 0) is 41.6 Å². The fourth-order valence-electron chi connectivity index (χ4n) is 3.06. The number of aromatic nitrogens is 2. The Bertz CT molecular complexity index is 1220. The molecule has 0 aliphatic rings. The summed E-state index contributed by atoms with van der Waals surface area (Å²) in [5.41, 5.74) is 3.19. The molecule has 2 heterocycles. The Morgan fingerprint density at radius 3 is 2.66 bits per heavy atom. The first-order valence-electron chi connectivity index (χ1n) is 9.23. The Morgan fingerprint density at radius 1 is 1.10 bits per heavy atom. The highest BCUT2D eigenvalue weighted by atomic mass is 32.2. The van der Waals surface area contributed by atoms with E-state index in [-0.39, 0.29) is 17.2 Å². The van der Waals surface area contributed by atoms with Crippen molar-refractivity contribution in [3.05, 3.63) is 82.0 Å². The van der Waals surface area contributed by atoms with E-state index in [0.29, 0.717) is 15.4 Å². The van der Waals surface area contributed by atoms with Crippen molar-refractivity contribution < 1.29 is 4.79 Å². The highest BCUT2D eigenvalue weighted by Crippen LogP contribution is 2.24. The van der Waals surface area contributed by atoms with E-state index in [4.69, 9.17) is 0 Å². The third kappa shape index (κ3) is 4.11. The lowest BCUT2D eigenvalue weighted by atomic mass is 10.1. The smallest absolute Gasteiger partial charge is 0.276 e. The molecule has 146 valence electrons. The number of hydrogen-bond acceptors (Lipinski definition) is 5. The molecule has 0 aliphatic carbocycles. The molecule has 29 heavy (non-hydrogen) atoms. The van der Waals surface area contributed by atoms with Crippen LogP contribution >= 0.6 is 23.1 Å². The number of aryl methyl sites for hydroxylation is 1. The third-order valence-electron chi connectivity index (χ3n) is 4.47. The molecule has 0 saturated heterocycles. The van der Waals surface area contributed by atoms with Gasteiger partial charge in [-0.2, -0.15) is 0 Å². The van der Waals surface area contributed by atoms with E-state index in [1.807, 2.05) is 66.0 Å². The van der Waals surface area contributed by atoms with Gasteiger partial charge in [0.1, 0.15) is 4.70 Å². The zero-order chi connectivity index (χ0) is 20.2. The summed E-state index contributed by atoms with van der Waals surface area (Å²) in [6, 6.07) is 19.0. The first kappa shape index (κ1) is 19.4. The normalized spacial score (nSPS) is 10.9. The number of anilines is 1. The van der Waals surface area contributed by atoms with Gasteiger partial charge < -0.3 is 5.32 Å². The molecule has 2 aromatic carbocycles. The SMILES string of the molecule is CCc1ccccc1NC(=O)CSc1nc2ccsc2c(=O)n1-c1ccccc1. The Balaban J connectivity index is 1.62. The van der Waals surface area contributed by atoms with Gasteiger partial charge in [0.05, 0.1) is 17.0 Å². The molecule has 4 rings (SSSR count). The minimum atomic E-state index is -0.129. The largest absolute Gasteiger partial charge is 0.325 e. The maximum atomic E-state index is 13.0. The van der Waals surface area contributed by atoms with Crippen LogP contribution in [-0.4, -0.2) is 21.2 Å². The average Bonchev–Trinajstić information content (AvgIpc) is 3.22. The van der Waals surface area contributed by atoms with Crippen LogP contribution in [0.4, 0.5) is 5.69 Å². The molecule has 1 amide bonds. The van der Waals surface area contributed by atoms with Gasteiger partial charge in [-0.25, -0.2) is 4.98 Å². The summed E-state index contributed by atoms with van der Waals surface area (Å²) < 4.78 is 2.19. The fourth-order valence-corrected chi connectivity index (χ4v) is 4.63. The monoisotopic (exact) mass is 421 g/mol. The maximum absolute atomic E-state index is 13.0. The first-order valence-corrected chi connectivity index (χ1v) is 11.1. The summed E-state index contributed by atoms with van der Waals surface area (Å²) in [4.78, 5) is 30.2. The number of thiophene rings is 1. The molecule has 5 nitrogen and oxygen atoms in total. The number of nitrogens with one attached hydrogen (secondary N) is 1. The molecular formula is C22H19N3O2S2. The predicted molar refractivity (Wildman–Crippen MR) is 120 cm³/mol. The van der Waals surface area contributed by atoms with Gasteiger partial charge in [-0.1, -0.05) is 55.1 Å². The minimum Gasteiger partial charge on any atom is -0.325 e. The highest BCUT2D eigenvalue weighted by molar-refractivity contribution is 7.99. The van der Waals surface area contributed by atoms with E-state index in [1.165, 1.54) is 23.1 Å². The number of nitrogens with zero attached hydrogens (tertiary/aromatic N) is 2. The summed E-state index contributed by atoms with van der Waals surface area (Å²) >= 11 is 2.64. The number of rotatable bonds is 6. The second kappa shape index (κ2) is 8.63. The van der Waals surface area contributed by atoms with Gasteiger partial charge in [0.15, 0.2) is 5.16 Å². The number of thioether (sulfide) groups is 1. The number of hydrogen-bond donors (Lipinski definition) is 1. The topological polar surface area (TPSA) is 64.0 Å². The summed E-state index contributed by atoms with van der Waals surface area (Å²) in [6.45, 7) is 2.05. The number of carbonyl (C=O) groups is 1. The molecule has 2 aromatic heterocycles. The Labute approximate surface area is 176 Å². The lowest BCUT2D eigenvalue weighted by Crippen LogP contribution is -2.22. The third-order valence-corrected chi connectivity index (χ3v) is 6.30. The van der Waals surface area contributed by atoms with Crippen LogP contribution in [0.3, 0.4) is 0 Å². The van der Waals surface area contributed by atoms with Gasteiger partial charge in [-0.15, -0.1) is 11.3 Å². The highest BCUT2D eigenvalue weighted by Gasteiger charge is 2.16. The Kier molecular flexibility index (Phi) is 5.78. The van der Waals surface area contributed by atoms with Crippen molar-refractivity contribution in [2.45, 2.75) is 18.5 Å². The molecule has 0 atom stereocenters. The molecule has 0 radical (unpaired) electrons. The van der Waals surface area contributed by atoms with E-state index in [0.717, 1.165) is 23.4 Å². The molecule has 0 aliphatic heterocycles. The molecule has 1 N–H and O–H groups in total. The van der Waals surface area contributed by atoms with Crippen LogP contribution < -0.4 is 10.9 Å². The van der Waals surface area contributed by atoms with Crippen LogP contribution in [0.25, 0.3) is 15.9 Å². The summed E-state index contributed by atoms with van der Waals surface area (Å²) in [5.74, 6) is 0.0302. The van der Waals surface area contributed by atoms with Crippen LogP contribution in [0.1, 0.15) is 12.5 Å². The predicted octanol–water partition coefficient (Wildman–Crippen LogP) is 4.74. The second-order valence-electron chi connectivity index (χ2n) is 6.35. The fraction of sp³-hybridized carbons (Fsp3) is 0.136. The maximum Gasteiger partial charge on any atom is 0.276 e. The van der Waals surface area contributed by atoms with E-state index >= 15 is 0 Å². The number of benzene rings is 2. The van der Waals surface area contributed by atoms with Gasteiger partial charge in [0.2, 0.25) is 5.91 Å². The van der Waals surface area contributed by atoms with Crippen molar-refractivity contribution in [1.82, 2.24) is 9.55 Å². The lowest BCUT2D eigenvalue weighted by Gasteiger charge is -2.13. The molecular weight excluding hydrogens is 402 g/mol. The van der Waals surface area contributed by atoms with Gasteiger partial charge >= 0.3 is 0 Å². The lowest BCUT2D eigenvalue weighted by molar-refractivity contribution is -0.113. The summed E-state index contributed by atoms with van der Waals surface area (Å²) in [7, 11) is 0. The van der Waals surface area contributed by atoms with Crippen LogP contribution in [0.5, 0.6) is 0 Å². The van der Waals surface area contributed by atoms with Crippen molar-refractivity contribution in [2.24, 2.45) is 0 Å². The van der Waals surface area contributed by atoms with Gasteiger partial charge in [-0.3, -0.25) is 14.2 Å². The van der Waals surface area contributed by atoms with Gasteiger partial charge in [0.25, 0.3) is 5.56 Å². The van der Waals surface area contributed by atoms with Crippen molar-refractivity contribution >= 4 is 44.9 Å². The number of carbonyl (C=O) groups excluding carboxylic acids is 1. The molecule has 7 heteroatoms. The van der Waals surface area contributed by atoms with Crippen LogP contribution in [0.2, 0.25) is 0 Å². The summed E-state index contributed by atoms with van der Waals surface area (Å²) in [5, 5.41) is 5.33. The molecule has 0 fully saturated rings. The Hall–Kier alpha value is -2.90. The molecule has 0 saturated carbocycles. The quantitative estimate of drug-likeness (QED) is 0.361. The van der Waals surface area contributed by atoms with E-state index in [1.54, 1.807) is 4.57 Å². The van der Waals surface area contributed by atoms with Crippen molar-refractivity contribution in [2.75, 3.05) is 11.1 Å². The van der Waals surface area contributed by atoms with E-state index in [2.05, 4.69) is 17.2 Å².